The molecule has 0 bridgehead atoms. The Balaban J connectivity index is 1.89. The van der Waals surface area contributed by atoms with Gasteiger partial charge in [-0.1, -0.05) is 48.5 Å². The topological polar surface area (TPSA) is 90.3 Å². The minimum atomic E-state index is -3.94. The van der Waals surface area contributed by atoms with E-state index in [2.05, 4.69) is 11.4 Å². The second kappa shape index (κ2) is 9.25. The zero-order chi connectivity index (χ0) is 21.6. The molecule has 3 rings (SSSR count). The van der Waals surface area contributed by atoms with E-state index in [0.29, 0.717) is 11.4 Å². The molecular weight excluding hydrogens is 398 g/mol. The number of benzene rings is 3. The van der Waals surface area contributed by atoms with Crippen molar-refractivity contribution in [2.24, 2.45) is 0 Å². The molecule has 0 fully saturated rings. The smallest absolute Gasteiger partial charge is 0.264 e. The third-order valence-electron chi connectivity index (χ3n) is 4.52. The molecule has 152 valence electrons. The summed E-state index contributed by atoms with van der Waals surface area (Å²) in [6.07, 6.45) is 0.282. The van der Waals surface area contributed by atoms with Crippen LogP contribution >= 0.6 is 0 Å². The predicted octanol–water partition coefficient (Wildman–Crippen LogP) is 3.90. The Morgan fingerprint density at radius 3 is 2.23 bits per heavy atom. The van der Waals surface area contributed by atoms with Crippen molar-refractivity contribution < 1.29 is 13.2 Å². The zero-order valence-corrected chi connectivity index (χ0v) is 17.3. The third kappa shape index (κ3) is 4.85. The van der Waals surface area contributed by atoms with Crippen LogP contribution in [0.5, 0.6) is 0 Å². The molecule has 3 aromatic rings. The summed E-state index contributed by atoms with van der Waals surface area (Å²) >= 11 is 0. The van der Waals surface area contributed by atoms with E-state index in [-0.39, 0.29) is 17.9 Å². The molecule has 3 aromatic carbocycles. The average Bonchev–Trinajstić information content (AvgIpc) is 2.75. The fraction of sp³-hybridized carbons (Fsp3) is 0.130. The fourth-order valence-corrected chi connectivity index (χ4v) is 4.50. The molecule has 0 radical (unpaired) electrons. The van der Waals surface area contributed by atoms with Gasteiger partial charge in [0, 0.05) is 5.69 Å². The van der Waals surface area contributed by atoms with Crippen LogP contribution in [0.1, 0.15) is 11.1 Å². The third-order valence-corrected chi connectivity index (χ3v) is 6.30. The van der Waals surface area contributed by atoms with Crippen LogP contribution in [-0.4, -0.2) is 20.9 Å². The largest absolute Gasteiger partial charge is 0.325 e. The number of hydrogen-bond donors (Lipinski definition) is 1. The molecule has 0 saturated heterocycles. The summed E-state index contributed by atoms with van der Waals surface area (Å²) in [6, 6.07) is 24.0. The van der Waals surface area contributed by atoms with Gasteiger partial charge in [0.1, 0.15) is 6.54 Å². The lowest BCUT2D eigenvalue weighted by Gasteiger charge is -2.25. The SMILES string of the molecule is Cc1ccccc1N(CC(=O)Nc1ccc(CC#N)cc1)S(=O)(=O)c1ccccc1. The van der Waals surface area contributed by atoms with Gasteiger partial charge in [-0.2, -0.15) is 5.26 Å². The number of anilines is 2. The van der Waals surface area contributed by atoms with Crippen LogP contribution in [-0.2, 0) is 21.2 Å². The van der Waals surface area contributed by atoms with Gasteiger partial charge in [-0.05, 0) is 48.4 Å². The minimum absolute atomic E-state index is 0.113. The first-order valence-electron chi connectivity index (χ1n) is 9.31. The molecule has 0 atom stereocenters. The maximum absolute atomic E-state index is 13.3. The number of carbonyl (C=O) groups excluding carboxylic acids is 1. The average molecular weight is 420 g/mol. The van der Waals surface area contributed by atoms with Crippen molar-refractivity contribution in [1.29, 1.82) is 5.26 Å². The number of hydrogen-bond acceptors (Lipinski definition) is 4. The van der Waals surface area contributed by atoms with Crippen molar-refractivity contribution in [2.75, 3.05) is 16.2 Å². The summed E-state index contributed by atoms with van der Waals surface area (Å²) < 4.78 is 27.7. The van der Waals surface area contributed by atoms with Crippen molar-refractivity contribution in [3.05, 3.63) is 90.0 Å². The van der Waals surface area contributed by atoms with Crippen molar-refractivity contribution in [3.63, 3.8) is 0 Å². The van der Waals surface area contributed by atoms with E-state index in [0.717, 1.165) is 15.4 Å². The summed E-state index contributed by atoms with van der Waals surface area (Å²) in [5, 5.41) is 11.5. The Labute approximate surface area is 176 Å². The lowest BCUT2D eigenvalue weighted by atomic mass is 10.1. The van der Waals surface area contributed by atoms with Gasteiger partial charge in [0.15, 0.2) is 0 Å². The molecule has 7 heteroatoms. The van der Waals surface area contributed by atoms with E-state index in [9.17, 15) is 13.2 Å². The molecule has 0 unspecified atom stereocenters. The van der Waals surface area contributed by atoms with Crippen LogP contribution in [0.2, 0.25) is 0 Å². The first kappa shape index (κ1) is 21.1. The Morgan fingerprint density at radius 1 is 0.967 bits per heavy atom. The molecule has 0 spiro atoms. The number of nitriles is 1. The van der Waals surface area contributed by atoms with E-state index < -0.39 is 15.9 Å². The van der Waals surface area contributed by atoms with Crippen LogP contribution in [0.25, 0.3) is 0 Å². The molecule has 1 amide bonds. The molecular formula is C23H21N3O3S. The van der Waals surface area contributed by atoms with E-state index in [4.69, 9.17) is 5.26 Å². The molecule has 0 aliphatic carbocycles. The second-order valence-electron chi connectivity index (χ2n) is 6.69. The number of amides is 1. The molecule has 0 aliphatic heterocycles. The first-order valence-corrected chi connectivity index (χ1v) is 10.7. The number of nitrogens with one attached hydrogen (secondary N) is 1. The molecule has 0 saturated carbocycles. The van der Waals surface area contributed by atoms with E-state index in [1.54, 1.807) is 67.6 Å². The Kier molecular flexibility index (Phi) is 6.50. The standard InChI is InChI=1S/C23H21N3O3S/c1-18-7-5-6-10-22(18)26(30(28,29)21-8-3-2-4-9-21)17-23(27)25-20-13-11-19(12-14-20)15-16-24/h2-14H,15,17H2,1H3,(H,25,27). The molecule has 0 heterocycles. The Morgan fingerprint density at radius 2 is 1.60 bits per heavy atom. The van der Waals surface area contributed by atoms with Crippen LogP contribution in [0.15, 0.2) is 83.8 Å². The van der Waals surface area contributed by atoms with Gasteiger partial charge in [-0.25, -0.2) is 8.42 Å². The predicted molar refractivity (Wildman–Crippen MR) is 117 cm³/mol. The quantitative estimate of drug-likeness (QED) is 0.629. The first-order chi connectivity index (χ1) is 14.4. The number of sulfonamides is 1. The lowest BCUT2D eigenvalue weighted by Crippen LogP contribution is -2.38. The van der Waals surface area contributed by atoms with Crippen LogP contribution in [0, 0.1) is 18.3 Å². The van der Waals surface area contributed by atoms with Crippen LogP contribution < -0.4 is 9.62 Å². The van der Waals surface area contributed by atoms with Gasteiger partial charge in [0.25, 0.3) is 10.0 Å². The highest BCUT2D eigenvalue weighted by atomic mass is 32.2. The minimum Gasteiger partial charge on any atom is -0.325 e. The van der Waals surface area contributed by atoms with Gasteiger partial charge < -0.3 is 5.32 Å². The highest BCUT2D eigenvalue weighted by Crippen LogP contribution is 2.26. The van der Waals surface area contributed by atoms with E-state index >= 15 is 0 Å². The number of nitrogens with zero attached hydrogens (tertiary/aromatic N) is 2. The van der Waals surface area contributed by atoms with Gasteiger partial charge >= 0.3 is 0 Å². The van der Waals surface area contributed by atoms with Gasteiger partial charge in [0.2, 0.25) is 5.91 Å². The molecule has 0 aliphatic rings. The maximum atomic E-state index is 13.3. The molecule has 6 nitrogen and oxygen atoms in total. The summed E-state index contributed by atoms with van der Waals surface area (Å²) in [4.78, 5) is 12.8. The number of para-hydroxylation sites is 1. The van der Waals surface area contributed by atoms with Crippen molar-refractivity contribution in [2.45, 2.75) is 18.2 Å². The monoisotopic (exact) mass is 419 g/mol. The van der Waals surface area contributed by atoms with Gasteiger partial charge in [-0.3, -0.25) is 9.10 Å². The highest BCUT2D eigenvalue weighted by molar-refractivity contribution is 7.92. The zero-order valence-electron chi connectivity index (χ0n) is 16.4. The summed E-state index contributed by atoms with van der Waals surface area (Å²) in [7, 11) is -3.94. The maximum Gasteiger partial charge on any atom is 0.264 e. The van der Waals surface area contributed by atoms with Gasteiger partial charge in [-0.15, -0.1) is 0 Å². The molecule has 1 N–H and O–H groups in total. The number of rotatable bonds is 7. The van der Waals surface area contributed by atoms with Crippen LogP contribution in [0.4, 0.5) is 11.4 Å². The van der Waals surface area contributed by atoms with E-state index in [1.165, 1.54) is 12.1 Å². The second-order valence-corrected chi connectivity index (χ2v) is 8.55. The molecule has 0 aromatic heterocycles. The Bertz CT molecular complexity index is 1170. The van der Waals surface area contributed by atoms with Crippen molar-refractivity contribution in [3.8, 4) is 6.07 Å². The van der Waals surface area contributed by atoms with Crippen molar-refractivity contribution >= 4 is 27.3 Å². The highest BCUT2D eigenvalue weighted by Gasteiger charge is 2.28. The van der Waals surface area contributed by atoms with Gasteiger partial charge in [0.05, 0.1) is 23.1 Å². The Hall–Kier alpha value is -3.63. The van der Waals surface area contributed by atoms with E-state index in [1.807, 2.05) is 6.07 Å². The lowest BCUT2D eigenvalue weighted by molar-refractivity contribution is -0.114. The number of aryl methyl sites for hydroxylation is 1. The van der Waals surface area contributed by atoms with Crippen LogP contribution in [0.3, 0.4) is 0 Å². The normalized spacial score (nSPS) is 10.8. The summed E-state index contributed by atoms with van der Waals surface area (Å²) in [6.45, 7) is 1.43. The van der Waals surface area contributed by atoms with Crippen molar-refractivity contribution in [1.82, 2.24) is 0 Å². The fourth-order valence-electron chi connectivity index (χ4n) is 2.99. The summed E-state index contributed by atoms with van der Waals surface area (Å²) in [5.41, 5.74) is 2.55. The molecule has 30 heavy (non-hydrogen) atoms. The number of carbonyl (C=O) groups is 1. The summed E-state index contributed by atoms with van der Waals surface area (Å²) in [5.74, 6) is -0.467.